The van der Waals surface area contributed by atoms with Gasteiger partial charge in [-0.25, -0.2) is 0 Å². The molecule has 2 amide bonds. The molecule has 0 spiro atoms. The summed E-state index contributed by atoms with van der Waals surface area (Å²) in [7, 11) is 0. The van der Waals surface area contributed by atoms with Gasteiger partial charge < -0.3 is 9.80 Å². The Kier molecular flexibility index (Phi) is 8.86. The second kappa shape index (κ2) is 11.8. The number of amides is 2. The van der Waals surface area contributed by atoms with Crippen molar-refractivity contribution in [3.63, 3.8) is 0 Å². The third kappa shape index (κ3) is 6.22. The van der Waals surface area contributed by atoms with Crippen LogP contribution in [-0.4, -0.2) is 76.4 Å². The Hall–Kier alpha value is -2.71. The maximum absolute atomic E-state index is 13.5. The zero-order valence-corrected chi connectivity index (χ0v) is 23.4. The Morgan fingerprint density at radius 1 is 1.08 bits per heavy atom. The lowest BCUT2D eigenvalue weighted by Crippen LogP contribution is -2.51. The molecule has 2 heterocycles. The molecule has 11 heteroatoms. The molecule has 0 N–H and O–H groups in total. The van der Waals surface area contributed by atoms with E-state index in [2.05, 4.69) is 4.90 Å². The van der Waals surface area contributed by atoms with Gasteiger partial charge in [0.1, 0.15) is 5.54 Å². The molecule has 212 valence electrons. The molecule has 7 nitrogen and oxygen atoms in total. The first-order valence-electron chi connectivity index (χ1n) is 13.7. The van der Waals surface area contributed by atoms with E-state index in [1.165, 1.54) is 12.5 Å². The molecule has 0 unspecified atom stereocenters. The number of alkyl halides is 3. The number of piperazine rings is 1. The molecule has 1 aromatic carbocycles. The third-order valence-electron chi connectivity index (χ3n) is 8.26. The summed E-state index contributed by atoms with van der Waals surface area (Å²) in [5.41, 5.74) is -2.55. The lowest BCUT2D eigenvalue weighted by Gasteiger charge is -2.38. The molecule has 39 heavy (non-hydrogen) atoms. The summed E-state index contributed by atoms with van der Waals surface area (Å²) in [5.74, 6) is 0.204. The van der Waals surface area contributed by atoms with E-state index in [1.54, 1.807) is 24.8 Å². The lowest BCUT2D eigenvalue weighted by molar-refractivity contribution is -0.140. The number of halogens is 3. The summed E-state index contributed by atoms with van der Waals surface area (Å²) in [5, 5.41) is 9.26. The predicted molar refractivity (Wildman–Crippen MR) is 146 cm³/mol. The van der Waals surface area contributed by atoms with Crippen molar-refractivity contribution in [3.05, 3.63) is 29.3 Å². The Balaban J connectivity index is 1.24. The van der Waals surface area contributed by atoms with Crippen LogP contribution < -0.4 is 4.90 Å². The van der Waals surface area contributed by atoms with Crippen molar-refractivity contribution < 1.29 is 22.8 Å². The second-order valence-electron chi connectivity index (χ2n) is 11.2. The predicted octanol–water partition coefficient (Wildman–Crippen LogP) is 4.79. The minimum absolute atomic E-state index is 0.0152. The largest absolute Gasteiger partial charge is 0.417 e. The minimum atomic E-state index is -4.72. The number of nitriles is 1. The number of nitrogens with zero attached hydrogens (tertiary/aromatic N) is 5. The number of hydrogen-bond acceptors (Lipinski definition) is 5. The smallest absolute Gasteiger partial charge is 0.340 e. The van der Waals surface area contributed by atoms with Crippen LogP contribution in [0.1, 0.15) is 69.9 Å². The average molecular weight is 564 g/mol. The molecule has 3 aliphatic rings. The number of benzene rings is 1. The van der Waals surface area contributed by atoms with Crippen molar-refractivity contribution in [3.8, 4) is 6.07 Å². The Bertz CT molecular complexity index is 1140. The van der Waals surface area contributed by atoms with Crippen LogP contribution in [0.3, 0.4) is 0 Å². The van der Waals surface area contributed by atoms with Crippen molar-refractivity contribution in [1.82, 2.24) is 14.7 Å². The molecular formula is C28H36F3N5O2S. The molecule has 1 aromatic rings. The minimum Gasteiger partial charge on any atom is -0.340 e. The van der Waals surface area contributed by atoms with E-state index < -0.39 is 22.8 Å². The van der Waals surface area contributed by atoms with Crippen molar-refractivity contribution in [2.45, 2.75) is 70.5 Å². The summed E-state index contributed by atoms with van der Waals surface area (Å²) >= 11 is 5.56. The highest BCUT2D eigenvalue weighted by atomic mass is 32.1. The van der Waals surface area contributed by atoms with Gasteiger partial charge in [0.2, 0.25) is 5.91 Å². The third-order valence-corrected chi connectivity index (χ3v) is 8.66. The fourth-order valence-electron chi connectivity index (χ4n) is 5.51. The van der Waals surface area contributed by atoms with Crippen molar-refractivity contribution in [1.29, 1.82) is 5.26 Å². The number of anilines is 1. The van der Waals surface area contributed by atoms with Gasteiger partial charge in [0.25, 0.3) is 5.91 Å². The summed E-state index contributed by atoms with van der Waals surface area (Å²) < 4.78 is 40.5. The molecular weight excluding hydrogens is 527 g/mol. The average Bonchev–Trinajstić information content (AvgIpc) is 3.03. The normalized spacial score (nSPS) is 20.4. The number of carbonyl (C=O) groups excluding carboxylic acids is 2. The fourth-order valence-corrected chi connectivity index (χ4v) is 6.01. The van der Waals surface area contributed by atoms with E-state index >= 15 is 0 Å². The summed E-state index contributed by atoms with van der Waals surface area (Å²) in [6, 6.07) is 4.80. The van der Waals surface area contributed by atoms with Gasteiger partial charge >= 0.3 is 6.18 Å². The van der Waals surface area contributed by atoms with Crippen molar-refractivity contribution in [2.75, 3.05) is 44.2 Å². The second-order valence-corrected chi connectivity index (χ2v) is 11.5. The molecule has 0 atom stereocenters. The highest BCUT2D eigenvalue weighted by Crippen LogP contribution is 2.38. The molecule has 1 saturated carbocycles. The first-order chi connectivity index (χ1) is 18.4. The Labute approximate surface area is 233 Å². The molecule has 0 radical (unpaired) electrons. The lowest BCUT2D eigenvalue weighted by atomic mass is 9.84. The Morgan fingerprint density at radius 2 is 1.72 bits per heavy atom. The van der Waals surface area contributed by atoms with Crippen LogP contribution in [-0.2, 0) is 15.8 Å². The van der Waals surface area contributed by atoms with Gasteiger partial charge in [-0.2, -0.15) is 18.4 Å². The van der Waals surface area contributed by atoms with Crippen LogP contribution in [0.4, 0.5) is 18.9 Å². The summed E-state index contributed by atoms with van der Waals surface area (Å²) in [6.07, 6.45) is 2.34. The van der Waals surface area contributed by atoms with E-state index in [4.69, 9.17) is 17.5 Å². The van der Waals surface area contributed by atoms with Gasteiger partial charge in [-0.15, -0.1) is 0 Å². The van der Waals surface area contributed by atoms with E-state index in [9.17, 15) is 22.8 Å². The summed E-state index contributed by atoms with van der Waals surface area (Å²) in [4.78, 5) is 33.0. The monoisotopic (exact) mass is 563 g/mol. The van der Waals surface area contributed by atoms with Gasteiger partial charge in [0, 0.05) is 38.6 Å². The fraction of sp³-hybridized carbons (Fsp3) is 0.643. The van der Waals surface area contributed by atoms with E-state index in [1.807, 2.05) is 4.90 Å². The number of carbonyl (C=O) groups is 2. The molecule has 3 fully saturated rings. The van der Waals surface area contributed by atoms with Gasteiger partial charge in [0.15, 0.2) is 5.11 Å². The highest BCUT2D eigenvalue weighted by molar-refractivity contribution is 7.80. The molecule has 4 rings (SSSR count). The van der Waals surface area contributed by atoms with Gasteiger partial charge in [0.05, 0.1) is 22.9 Å². The van der Waals surface area contributed by atoms with E-state index in [-0.39, 0.29) is 22.6 Å². The van der Waals surface area contributed by atoms with Crippen molar-refractivity contribution in [2.24, 2.45) is 5.92 Å². The van der Waals surface area contributed by atoms with Gasteiger partial charge in [-0.1, -0.05) is 19.3 Å². The van der Waals surface area contributed by atoms with Gasteiger partial charge in [-0.3, -0.25) is 19.4 Å². The van der Waals surface area contributed by atoms with E-state index in [0.29, 0.717) is 12.5 Å². The number of rotatable bonds is 9. The van der Waals surface area contributed by atoms with Crippen LogP contribution in [0, 0.1) is 17.2 Å². The molecule has 0 bridgehead atoms. The SMILES string of the molecule is CC1(C)C(=O)N(c2ccc(C#N)c(C(F)(F)F)c2)C(=S)N1CCCCCCN1CCN(C(=O)C2CCC2)CC1. The molecule has 2 saturated heterocycles. The van der Waals surface area contributed by atoms with Crippen LogP contribution >= 0.6 is 12.2 Å². The Morgan fingerprint density at radius 3 is 2.28 bits per heavy atom. The maximum atomic E-state index is 13.5. The number of thiocarbonyl (C=S) groups is 1. The zero-order valence-electron chi connectivity index (χ0n) is 22.6. The zero-order chi connectivity index (χ0) is 28.4. The van der Waals surface area contributed by atoms with Gasteiger partial charge in [-0.05, 0) is 76.5 Å². The molecule has 1 aliphatic carbocycles. The molecule has 0 aromatic heterocycles. The van der Waals surface area contributed by atoms with Crippen LogP contribution in [0.2, 0.25) is 0 Å². The topological polar surface area (TPSA) is 70.9 Å². The van der Waals surface area contributed by atoms with Crippen LogP contribution in [0.5, 0.6) is 0 Å². The van der Waals surface area contributed by atoms with Crippen LogP contribution in [0.25, 0.3) is 0 Å². The van der Waals surface area contributed by atoms with Crippen molar-refractivity contribution >= 4 is 34.8 Å². The van der Waals surface area contributed by atoms with E-state index in [0.717, 1.165) is 88.3 Å². The highest BCUT2D eigenvalue weighted by Gasteiger charge is 2.49. The number of unbranched alkanes of at least 4 members (excludes halogenated alkanes) is 3. The molecule has 2 aliphatic heterocycles. The standard InChI is InChI=1S/C28H36F3N5O2S/c1-27(2)25(38)36(22-11-10-21(19-32)23(18-22)28(29,30)31)26(39)35(27)13-6-4-3-5-12-33-14-16-34(17-15-33)24(37)20-8-7-9-20/h10-11,18,20H,3-9,12-17H2,1-2H3. The maximum Gasteiger partial charge on any atom is 0.417 e. The quantitative estimate of drug-likeness (QED) is 0.318. The van der Waals surface area contributed by atoms with Crippen LogP contribution in [0.15, 0.2) is 18.2 Å². The number of hydrogen-bond donors (Lipinski definition) is 0. The first-order valence-corrected chi connectivity index (χ1v) is 14.1. The first kappa shape index (κ1) is 29.3. The summed E-state index contributed by atoms with van der Waals surface area (Å²) in [6.45, 7) is 8.42.